The maximum absolute atomic E-state index is 12.5. The molecule has 0 radical (unpaired) electrons. The standard InChI is InChI=1S/C14H23N3O2/c1-15-7-5-11(8-15)9-16-10-13(18)17-6-3-2-4-12(17)14(16)19/h11-12H,2-10H2,1H3. The van der Waals surface area contributed by atoms with Crippen LogP contribution in [0.3, 0.4) is 0 Å². The molecule has 0 aliphatic carbocycles. The molecule has 0 aromatic heterocycles. The van der Waals surface area contributed by atoms with Gasteiger partial charge in [-0.2, -0.15) is 0 Å². The SMILES string of the molecule is CN1CCC(CN2CC(=O)N3CCCCC3C2=O)C1. The number of piperazine rings is 1. The molecule has 3 rings (SSSR count). The molecule has 3 fully saturated rings. The second-order valence-corrected chi connectivity index (χ2v) is 6.23. The van der Waals surface area contributed by atoms with Gasteiger partial charge in [0.25, 0.3) is 0 Å². The maximum Gasteiger partial charge on any atom is 0.245 e. The monoisotopic (exact) mass is 265 g/mol. The van der Waals surface area contributed by atoms with Crippen molar-refractivity contribution in [2.24, 2.45) is 5.92 Å². The number of nitrogens with zero attached hydrogens (tertiary/aromatic N) is 3. The van der Waals surface area contributed by atoms with Crippen LogP contribution in [0.2, 0.25) is 0 Å². The predicted octanol–water partition coefficient (Wildman–Crippen LogP) is 0.161. The first-order valence-electron chi connectivity index (χ1n) is 7.42. The van der Waals surface area contributed by atoms with Gasteiger partial charge in [0.2, 0.25) is 11.8 Å². The summed E-state index contributed by atoms with van der Waals surface area (Å²) in [4.78, 5) is 30.6. The smallest absolute Gasteiger partial charge is 0.245 e. The van der Waals surface area contributed by atoms with E-state index in [4.69, 9.17) is 0 Å². The van der Waals surface area contributed by atoms with Gasteiger partial charge in [-0.1, -0.05) is 0 Å². The zero-order valence-corrected chi connectivity index (χ0v) is 11.7. The Bertz CT molecular complexity index is 385. The molecule has 3 saturated heterocycles. The highest BCUT2D eigenvalue weighted by Gasteiger charge is 2.41. The highest BCUT2D eigenvalue weighted by molar-refractivity contribution is 5.95. The van der Waals surface area contributed by atoms with Crippen LogP contribution in [-0.4, -0.2) is 72.3 Å². The lowest BCUT2D eigenvalue weighted by molar-refractivity contribution is -0.158. The minimum Gasteiger partial charge on any atom is -0.331 e. The minimum atomic E-state index is -0.158. The topological polar surface area (TPSA) is 43.9 Å². The Balaban J connectivity index is 1.66. The Morgan fingerprint density at radius 3 is 2.74 bits per heavy atom. The van der Waals surface area contributed by atoms with E-state index >= 15 is 0 Å². The number of carbonyl (C=O) groups is 2. The van der Waals surface area contributed by atoms with Gasteiger partial charge in [-0.05, 0) is 45.2 Å². The molecular formula is C14H23N3O2. The second kappa shape index (κ2) is 5.12. The number of likely N-dealkylation sites (tertiary alicyclic amines) is 1. The number of hydrogen-bond acceptors (Lipinski definition) is 3. The Hall–Kier alpha value is -1.10. The molecule has 0 aromatic rings. The van der Waals surface area contributed by atoms with E-state index in [-0.39, 0.29) is 17.9 Å². The molecule has 3 heterocycles. The van der Waals surface area contributed by atoms with Gasteiger partial charge >= 0.3 is 0 Å². The molecule has 0 aromatic carbocycles. The van der Waals surface area contributed by atoms with E-state index in [2.05, 4.69) is 11.9 Å². The number of carbonyl (C=O) groups excluding carboxylic acids is 2. The van der Waals surface area contributed by atoms with Gasteiger partial charge in [0.05, 0.1) is 6.54 Å². The third kappa shape index (κ3) is 2.48. The van der Waals surface area contributed by atoms with Crippen molar-refractivity contribution in [2.75, 3.05) is 39.8 Å². The van der Waals surface area contributed by atoms with Crippen LogP contribution >= 0.6 is 0 Å². The average Bonchev–Trinajstić information content (AvgIpc) is 2.81. The average molecular weight is 265 g/mol. The maximum atomic E-state index is 12.5. The number of fused-ring (bicyclic) bond motifs is 1. The summed E-state index contributed by atoms with van der Waals surface area (Å²) in [5.74, 6) is 0.876. The van der Waals surface area contributed by atoms with Gasteiger partial charge in [0.1, 0.15) is 6.04 Å². The summed E-state index contributed by atoms with van der Waals surface area (Å²) in [6.45, 7) is 3.99. The lowest BCUT2D eigenvalue weighted by Gasteiger charge is -2.43. The molecule has 106 valence electrons. The highest BCUT2D eigenvalue weighted by atomic mass is 16.2. The summed E-state index contributed by atoms with van der Waals surface area (Å²) in [5.41, 5.74) is 0. The van der Waals surface area contributed by atoms with E-state index in [9.17, 15) is 9.59 Å². The molecule has 0 N–H and O–H groups in total. The van der Waals surface area contributed by atoms with Gasteiger partial charge in [-0.15, -0.1) is 0 Å². The normalized spacial score (nSPS) is 32.9. The van der Waals surface area contributed by atoms with E-state index in [1.807, 2.05) is 9.80 Å². The van der Waals surface area contributed by atoms with Gasteiger partial charge in [-0.3, -0.25) is 9.59 Å². The molecule has 19 heavy (non-hydrogen) atoms. The van der Waals surface area contributed by atoms with Gasteiger partial charge in [0, 0.05) is 19.6 Å². The Morgan fingerprint density at radius 1 is 1.16 bits per heavy atom. The van der Waals surface area contributed by atoms with Crippen molar-refractivity contribution in [3.63, 3.8) is 0 Å². The first kappa shape index (κ1) is 12.9. The number of piperidine rings is 1. The molecule has 0 spiro atoms. The van der Waals surface area contributed by atoms with Gasteiger partial charge in [-0.25, -0.2) is 0 Å². The van der Waals surface area contributed by atoms with E-state index in [1.54, 1.807) is 0 Å². The summed E-state index contributed by atoms with van der Waals surface area (Å²) in [7, 11) is 2.12. The lowest BCUT2D eigenvalue weighted by Crippen LogP contribution is -2.61. The van der Waals surface area contributed by atoms with Crippen LogP contribution < -0.4 is 0 Å². The van der Waals surface area contributed by atoms with Crippen molar-refractivity contribution in [1.82, 2.24) is 14.7 Å². The van der Waals surface area contributed by atoms with E-state index in [1.165, 1.54) is 0 Å². The van der Waals surface area contributed by atoms with Crippen molar-refractivity contribution in [1.29, 1.82) is 0 Å². The van der Waals surface area contributed by atoms with Crippen molar-refractivity contribution >= 4 is 11.8 Å². The fourth-order valence-corrected chi connectivity index (χ4v) is 3.67. The van der Waals surface area contributed by atoms with Crippen LogP contribution in [0.25, 0.3) is 0 Å². The van der Waals surface area contributed by atoms with Crippen molar-refractivity contribution in [3.05, 3.63) is 0 Å². The van der Waals surface area contributed by atoms with Crippen LogP contribution in [0, 0.1) is 5.92 Å². The number of rotatable bonds is 2. The predicted molar refractivity (Wildman–Crippen MR) is 71.5 cm³/mol. The quantitative estimate of drug-likeness (QED) is 0.714. The van der Waals surface area contributed by atoms with Crippen molar-refractivity contribution in [3.8, 4) is 0 Å². The number of amides is 2. The molecule has 3 aliphatic heterocycles. The third-order valence-electron chi connectivity index (χ3n) is 4.71. The molecule has 5 heteroatoms. The number of hydrogen-bond donors (Lipinski definition) is 0. The van der Waals surface area contributed by atoms with Crippen molar-refractivity contribution < 1.29 is 9.59 Å². The first-order chi connectivity index (χ1) is 9.15. The summed E-state index contributed by atoms with van der Waals surface area (Å²) in [6.07, 6.45) is 4.11. The summed E-state index contributed by atoms with van der Waals surface area (Å²) in [5, 5.41) is 0. The third-order valence-corrected chi connectivity index (χ3v) is 4.71. The fourth-order valence-electron chi connectivity index (χ4n) is 3.67. The molecule has 5 nitrogen and oxygen atoms in total. The fraction of sp³-hybridized carbons (Fsp3) is 0.857. The second-order valence-electron chi connectivity index (χ2n) is 6.23. The van der Waals surface area contributed by atoms with Gasteiger partial charge in [0.15, 0.2) is 0 Å². The molecule has 2 atom stereocenters. The lowest BCUT2D eigenvalue weighted by atomic mass is 9.97. The van der Waals surface area contributed by atoms with E-state index in [0.29, 0.717) is 12.5 Å². The van der Waals surface area contributed by atoms with Crippen molar-refractivity contribution in [2.45, 2.75) is 31.7 Å². The zero-order chi connectivity index (χ0) is 13.4. The molecule has 2 amide bonds. The summed E-state index contributed by atoms with van der Waals surface area (Å²) in [6, 6.07) is -0.158. The Kier molecular flexibility index (Phi) is 3.48. The summed E-state index contributed by atoms with van der Waals surface area (Å²) < 4.78 is 0. The molecule has 0 bridgehead atoms. The molecule has 0 saturated carbocycles. The minimum absolute atomic E-state index is 0.149. The largest absolute Gasteiger partial charge is 0.331 e. The summed E-state index contributed by atoms with van der Waals surface area (Å²) >= 11 is 0. The van der Waals surface area contributed by atoms with Crippen LogP contribution in [-0.2, 0) is 9.59 Å². The Morgan fingerprint density at radius 2 is 2.00 bits per heavy atom. The first-order valence-corrected chi connectivity index (χ1v) is 7.42. The van der Waals surface area contributed by atoms with E-state index in [0.717, 1.165) is 51.9 Å². The van der Waals surface area contributed by atoms with E-state index < -0.39 is 0 Å². The Labute approximate surface area is 114 Å². The molecular weight excluding hydrogens is 242 g/mol. The van der Waals surface area contributed by atoms with Crippen LogP contribution in [0.4, 0.5) is 0 Å². The zero-order valence-electron chi connectivity index (χ0n) is 11.7. The van der Waals surface area contributed by atoms with Gasteiger partial charge < -0.3 is 14.7 Å². The molecule has 2 unspecified atom stereocenters. The van der Waals surface area contributed by atoms with Crippen LogP contribution in [0.15, 0.2) is 0 Å². The van der Waals surface area contributed by atoms with Crippen LogP contribution in [0.5, 0.6) is 0 Å². The molecule has 3 aliphatic rings. The van der Waals surface area contributed by atoms with Crippen LogP contribution in [0.1, 0.15) is 25.7 Å². The highest BCUT2D eigenvalue weighted by Crippen LogP contribution is 2.25.